The summed E-state index contributed by atoms with van der Waals surface area (Å²) in [4.78, 5) is 15.8. The predicted octanol–water partition coefficient (Wildman–Crippen LogP) is 3.62. The van der Waals surface area contributed by atoms with Gasteiger partial charge in [0.2, 0.25) is 0 Å². The van der Waals surface area contributed by atoms with Gasteiger partial charge in [0.1, 0.15) is 5.82 Å². The second-order valence-electron chi connectivity index (χ2n) is 4.54. The summed E-state index contributed by atoms with van der Waals surface area (Å²) in [7, 11) is 0. The molecule has 0 amide bonds. The minimum absolute atomic E-state index is 0.348. The van der Waals surface area contributed by atoms with Crippen LogP contribution in [-0.2, 0) is 4.74 Å². The number of hydrogen-bond acceptors (Lipinski definition) is 4. The summed E-state index contributed by atoms with van der Waals surface area (Å²) < 4.78 is 4.92. The second-order valence-corrected chi connectivity index (χ2v) is 4.54. The number of benzene rings is 1. The van der Waals surface area contributed by atoms with E-state index < -0.39 is 0 Å². The van der Waals surface area contributed by atoms with Crippen LogP contribution in [0.2, 0.25) is 0 Å². The van der Waals surface area contributed by atoms with Crippen LogP contribution in [0, 0.1) is 13.8 Å². The molecule has 0 unspecified atom stereocenters. The predicted molar refractivity (Wildman–Crippen MR) is 79.4 cm³/mol. The Morgan fingerprint density at radius 1 is 1.20 bits per heavy atom. The van der Waals surface area contributed by atoms with Crippen LogP contribution in [-0.4, -0.2) is 17.6 Å². The molecule has 1 N–H and O–H groups in total. The number of aryl methyl sites for hydroxylation is 2. The van der Waals surface area contributed by atoms with Crippen LogP contribution in [0.3, 0.4) is 0 Å². The largest absolute Gasteiger partial charge is 0.462 e. The zero-order valence-corrected chi connectivity index (χ0v) is 11.9. The van der Waals surface area contributed by atoms with Crippen molar-refractivity contribution in [3.05, 3.63) is 53.2 Å². The first kappa shape index (κ1) is 14.1. The summed E-state index contributed by atoms with van der Waals surface area (Å²) in [6, 6.07) is 9.59. The van der Waals surface area contributed by atoms with E-state index in [0.717, 1.165) is 16.8 Å². The van der Waals surface area contributed by atoms with Gasteiger partial charge in [0.05, 0.1) is 12.2 Å². The summed E-state index contributed by atoms with van der Waals surface area (Å²) >= 11 is 0. The van der Waals surface area contributed by atoms with E-state index in [9.17, 15) is 4.79 Å². The lowest BCUT2D eigenvalue weighted by atomic mass is 10.1. The van der Waals surface area contributed by atoms with Crippen LogP contribution in [0.1, 0.15) is 28.4 Å². The third-order valence-corrected chi connectivity index (χ3v) is 3.01. The topological polar surface area (TPSA) is 51.2 Å². The molecule has 0 aliphatic rings. The molecule has 1 heterocycles. The fraction of sp³-hybridized carbons (Fsp3) is 0.250. The van der Waals surface area contributed by atoms with Gasteiger partial charge in [-0.25, -0.2) is 9.78 Å². The number of para-hydroxylation sites is 1. The van der Waals surface area contributed by atoms with Crippen molar-refractivity contribution in [3.8, 4) is 0 Å². The summed E-state index contributed by atoms with van der Waals surface area (Å²) in [5.41, 5.74) is 3.81. The van der Waals surface area contributed by atoms with Crippen molar-refractivity contribution >= 4 is 17.5 Å². The van der Waals surface area contributed by atoms with Crippen molar-refractivity contribution in [2.75, 3.05) is 11.9 Å². The van der Waals surface area contributed by atoms with Gasteiger partial charge in [-0.1, -0.05) is 18.2 Å². The highest BCUT2D eigenvalue weighted by Crippen LogP contribution is 2.23. The van der Waals surface area contributed by atoms with E-state index in [0.29, 0.717) is 18.0 Å². The van der Waals surface area contributed by atoms with Gasteiger partial charge in [-0.15, -0.1) is 0 Å². The van der Waals surface area contributed by atoms with E-state index in [1.165, 1.54) is 6.20 Å². The maximum absolute atomic E-state index is 11.5. The molecule has 0 radical (unpaired) electrons. The molecule has 1 aromatic carbocycles. The average Bonchev–Trinajstić information content (AvgIpc) is 2.44. The van der Waals surface area contributed by atoms with Crippen molar-refractivity contribution in [3.63, 3.8) is 0 Å². The van der Waals surface area contributed by atoms with E-state index in [1.807, 2.05) is 32.0 Å². The molecule has 4 heteroatoms. The number of carbonyl (C=O) groups is 1. The summed E-state index contributed by atoms with van der Waals surface area (Å²) in [6.07, 6.45) is 1.52. The van der Waals surface area contributed by atoms with Crippen molar-refractivity contribution in [2.24, 2.45) is 0 Å². The highest BCUT2D eigenvalue weighted by atomic mass is 16.5. The van der Waals surface area contributed by atoms with E-state index in [1.54, 1.807) is 19.1 Å². The lowest BCUT2D eigenvalue weighted by Crippen LogP contribution is -2.05. The second kappa shape index (κ2) is 6.19. The number of rotatable bonds is 4. The van der Waals surface area contributed by atoms with Crippen LogP contribution in [0.25, 0.3) is 0 Å². The van der Waals surface area contributed by atoms with Gasteiger partial charge < -0.3 is 10.1 Å². The van der Waals surface area contributed by atoms with Gasteiger partial charge in [-0.3, -0.25) is 0 Å². The van der Waals surface area contributed by atoms with E-state index in [4.69, 9.17) is 4.74 Å². The van der Waals surface area contributed by atoms with Gasteiger partial charge >= 0.3 is 5.97 Å². The minimum Gasteiger partial charge on any atom is -0.462 e. The Bertz CT molecular complexity index is 586. The van der Waals surface area contributed by atoms with Gasteiger partial charge in [0.15, 0.2) is 0 Å². The lowest BCUT2D eigenvalue weighted by molar-refractivity contribution is 0.0526. The molecule has 2 rings (SSSR count). The molecular formula is C16H18N2O2. The molecule has 0 spiro atoms. The van der Waals surface area contributed by atoms with Crippen LogP contribution in [0.5, 0.6) is 0 Å². The number of nitrogens with zero attached hydrogens (tertiary/aromatic N) is 1. The van der Waals surface area contributed by atoms with E-state index >= 15 is 0 Å². The van der Waals surface area contributed by atoms with Crippen LogP contribution in [0.4, 0.5) is 11.5 Å². The Morgan fingerprint density at radius 2 is 1.90 bits per heavy atom. The monoisotopic (exact) mass is 270 g/mol. The fourth-order valence-corrected chi connectivity index (χ4v) is 1.94. The molecule has 0 bridgehead atoms. The number of aromatic nitrogens is 1. The number of hydrogen-bond donors (Lipinski definition) is 1. The molecule has 0 atom stereocenters. The molecule has 0 saturated carbocycles. The summed E-state index contributed by atoms with van der Waals surface area (Å²) in [5, 5.41) is 3.28. The number of pyridine rings is 1. The molecule has 0 fully saturated rings. The molecule has 0 aliphatic heterocycles. The minimum atomic E-state index is -0.348. The lowest BCUT2D eigenvalue weighted by Gasteiger charge is -2.12. The van der Waals surface area contributed by atoms with Crippen LogP contribution < -0.4 is 5.32 Å². The number of esters is 1. The highest BCUT2D eigenvalue weighted by Gasteiger charge is 2.07. The van der Waals surface area contributed by atoms with Crippen molar-refractivity contribution in [1.82, 2.24) is 4.98 Å². The first-order valence-electron chi connectivity index (χ1n) is 6.58. The van der Waals surface area contributed by atoms with Gasteiger partial charge in [-0.2, -0.15) is 0 Å². The molecule has 1 aromatic heterocycles. The van der Waals surface area contributed by atoms with Crippen molar-refractivity contribution in [1.29, 1.82) is 0 Å². The third-order valence-electron chi connectivity index (χ3n) is 3.01. The van der Waals surface area contributed by atoms with Crippen LogP contribution in [0.15, 0.2) is 36.5 Å². The molecule has 0 aliphatic carbocycles. The first-order valence-corrected chi connectivity index (χ1v) is 6.58. The fourth-order valence-electron chi connectivity index (χ4n) is 1.94. The van der Waals surface area contributed by atoms with Crippen molar-refractivity contribution in [2.45, 2.75) is 20.8 Å². The number of anilines is 2. The highest BCUT2D eigenvalue weighted by molar-refractivity contribution is 5.89. The smallest absolute Gasteiger partial charge is 0.339 e. The Balaban J connectivity index is 2.17. The summed E-state index contributed by atoms with van der Waals surface area (Å²) in [6.45, 7) is 6.23. The van der Waals surface area contributed by atoms with Gasteiger partial charge in [0.25, 0.3) is 0 Å². The third kappa shape index (κ3) is 3.15. The Hall–Kier alpha value is -2.36. The molecule has 4 nitrogen and oxygen atoms in total. The number of carbonyl (C=O) groups excluding carboxylic acids is 1. The van der Waals surface area contributed by atoms with Gasteiger partial charge in [-0.05, 0) is 44.0 Å². The molecule has 2 aromatic rings. The SMILES string of the molecule is CCOC(=O)c1ccc(Nc2c(C)cccc2C)nc1. The van der Waals surface area contributed by atoms with Gasteiger partial charge in [0, 0.05) is 11.9 Å². The molecule has 104 valence electrons. The normalized spacial score (nSPS) is 10.2. The quantitative estimate of drug-likeness (QED) is 0.862. The van der Waals surface area contributed by atoms with E-state index in [-0.39, 0.29) is 5.97 Å². The maximum Gasteiger partial charge on any atom is 0.339 e. The Morgan fingerprint density at radius 3 is 2.45 bits per heavy atom. The standard InChI is InChI=1S/C16H18N2O2/c1-4-20-16(19)13-8-9-14(17-10-13)18-15-11(2)6-5-7-12(15)3/h5-10H,4H2,1-3H3,(H,17,18). The molecule has 0 saturated heterocycles. The zero-order chi connectivity index (χ0) is 14.5. The molecule has 20 heavy (non-hydrogen) atoms. The average molecular weight is 270 g/mol. The van der Waals surface area contributed by atoms with Crippen LogP contribution >= 0.6 is 0 Å². The zero-order valence-electron chi connectivity index (χ0n) is 11.9. The summed E-state index contributed by atoms with van der Waals surface area (Å²) in [5.74, 6) is 0.356. The Kier molecular flexibility index (Phi) is 4.35. The number of nitrogens with one attached hydrogen (secondary N) is 1. The first-order chi connectivity index (χ1) is 9.61. The number of ether oxygens (including phenoxy) is 1. The van der Waals surface area contributed by atoms with Crippen molar-refractivity contribution < 1.29 is 9.53 Å². The van der Waals surface area contributed by atoms with E-state index in [2.05, 4.69) is 10.3 Å². The Labute approximate surface area is 118 Å². The molecular weight excluding hydrogens is 252 g/mol. The maximum atomic E-state index is 11.5.